The van der Waals surface area contributed by atoms with Gasteiger partial charge in [0.1, 0.15) is 4.88 Å². The normalized spacial score (nSPS) is 14.9. The number of amides is 1. The number of ether oxygens (including phenoxy) is 2. The van der Waals surface area contributed by atoms with Crippen LogP contribution in [0, 0.1) is 6.92 Å². The van der Waals surface area contributed by atoms with Gasteiger partial charge < -0.3 is 9.47 Å². The van der Waals surface area contributed by atoms with Gasteiger partial charge >= 0.3 is 5.97 Å². The van der Waals surface area contributed by atoms with E-state index in [1.807, 2.05) is 36.6 Å². The number of rotatable bonds is 5. The fraction of sp³-hybridized carbons (Fsp3) is 0.0870. The predicted octanol–water partition coefficient (Wildman–Crippen LogP) is 5.69. The van der Waals surface area contributed by atoms with Crippen LogP contribution in [-0.2, 0) is 4.79 Å². The van der Waals surface area contributed by atoms with Crippen LogP contribution in [0.2, 0.25) is 0 Å². The number of anilines is 1. The number of methoxy groups -OCH3 is 1. The van der Waals surface area contributed by atoms with Crippen LogP contribution in [-0.4, -0.2) is 23.3 Å². The highest BCUT2D eigenvalue weighted by atomic mass is 32.2. The van der Waals surface area contributed by atoms with Crippen molar-refractivity contribution in [1.82, 2.24) is 0 Å². The second kappa shape index (κ2) is 9.05. The average Bonchev–Trinajstić information content (AvgIpc) is 3.39. The first kappa shape index (κ1) is 21.3. The number of hydrogen-bond donors (Lipinski definition) is 0. The third kappa shape index (κ3) is 4.41. The zero-order valence-corrected chi connectivity index (χ0v) is 19.1. The fourth-order valence-corrected chi connectivity index (χ4v) is 4.93. The average molecular weight is 468 g/mol. The van der Waals surface area contributed by atoms with Crippen LogP contribution in [0.3, 0.4) is 0 Å². The molecule has 0 saturated carbocycles. The van der Waals surface area contributed by atoms with Gasteiger partial charge in [0.05, 0.1) is 17.7 Å². The predicted molar refractivity (Wildman–Crippen MR) is 129 cm³/mol. The number of thioether (sulfide) groups is 1. The van der Waals surface area contributed by atoms with E-state index in [0.29, 0.717) is 25.6 Å². The summed E-state index contributed by atoms with van der Waals surface area (Å²) in [6, 6.07) is 16.2. The molecule has 0 unspecified atom stereocenters. The summed E-state index contributed by atoms with van der Waals surface area (Å²) in [6.07, 6.45) is 1.75. The van der Waals surface area contributed by atoms with Crippen molar-refractivity contribution in [3.63, 3.8) is 0 Å². The van der Waals surface area contributed by atoms with Crippen molar-refractivity contribution < 1.29 is 19.1 Å². The monoisotopic (exact) mass is 467 g/mol. The third-order valence-corrected chi connectivity index (χ3v) is 6.71. The van der Waals surface area contributed by atoms with E-state index in [0.717, 1.165) is 16.8 Å². The van der Waals surface area contributed by atoms with Crippen LogP contribution < -0.4 is 14.4 Å². The third-order valence-electron chi connectivity index (χ3n) is 4.56. The summed E-state index contributed by atoms with van der Waals surface area (Å²) in [4.78, 5) is 27.8. The van der Waals surface area contributed by atoms with Crippen molar-refractivity contribution in [3.05, 3.63) is 80.9 Å². The van der Waals surface area contributed by atoms with Gasteiger partial charge in [0.2, 0.25) is 0 Å². The summed E-state index contributed by atoms with van der Waals surface area (Å²) in [6.45, 7) is 1.94. The van der Waals surface area contributed by atoms with Crippen molar-refractivity contribution in [2.24, 2.45) is 0 Å². The van der Waals surface area contributed by atoms with Gasteiger partial charge in [-0.25, -0.2) is 4.79 Å². The number of aryl methyl sites for hydroxylation is 1. The summed E-state index contributed by atoms with van der Waals surface area (Å²) in [5.74, 6) is 0.0927. The molecule has 0 N–H and O–H groups in total. The van der Waals surface area contributed by atoms with E-state index in [2.05, 4.69) is 0 Å². The Morgan fingerprint density at radius 3 is 2.61 bits per heavy atom. The summed E-state index contributed by atoms with van der Waals surface area (Å²) in [5.41, 5.74) is 2.48. The number of esters is 1. The lowest BCUT2D eigenvalue weighted by molar-refractivity contribution is -0.113. The highest BCUT2D eigenvalue weighted by molar-refractivity contribution is 8.27. The van der Waals surface area contributed by atoms with Crippen LogP contribution in [0.4, 0.5) is 5.69 Å². The maximum atomic E-state index is 13.0. The minimum Gasteiger partial charge on any atom is -0.493 e. The lowest BCUT2D eigenvalue weighted by atomic mass is 10.1. The number of carbonyl (C=O) groups is 2. The molecule has 0 bridgehead atoms. The SMILES string of the molecule is COc1cc(C=C2SC(=S)N(c3ccccc3C)C2=O)ccc1OC(=O)c1cccs1. The number of thiocarbonyl (C=S) groups is 1. The molecule has 8 heteroatoms. The minimum absolute atomic E-state index is 0.170. The smallest absolute Gasteiger partial charge is 0.353 e. The number of hydrogen-bond acceptors (Lipinski definition) is 7. The van der Waals surface area contributed by atoms with E-state index in [-0.39, 0.29) is 5.91 Å². The Morgan fingerprint density at radius 2 is 1.90 bits per heavy atom. The van der Waals surface area contributed by atoms with Gasteiger partial charge in [0.15, 0.2) is 15.8 Å². The largest absolute Gasteiger partial charge is 0.493 e. The summed E-state index contributed by atoms with van der Waals surface area (Å²) < 4.78 is 11.3. The maximum absolute atomic E-state index is 13.0. The van der Waals surface area contributed by atoms with Gasteiger partial charge in [-0.05, 0) is 53.8 Å². The van der Waals surface area contributed by atoms with Gasteiger partial charge in [-0.15, -0.1) is 11.3 Å². The molecule has 3 aromatic rings. The first-order valence-electron chi connectivity index (χ1n) is 9.25. The Hall–Kier alpha value is -2.94. The highest BCUT2D eigenvalue weighted by Gasteiger charge is 2.34. The summed E-state index contributed by atoms with van der Waals surface area (Å²) in [7, 11) is 1.50. The van der Waals surface area contributed by atoms with Gasteiger partial charge in [-0.3, -0.25) is 9.69 Å². The Kier molecular flexibility index (Phi) is 6.22. The molecule has 2 heterocycles. The second-order valence-corrected chi connectivity index (χ2v) is 9.20. The van der Waals surface area contributed by atoms with E-state index in [4.69, 9.17) is 21.7 Å². The molecular formula is C23H17NO4S3. The van der Waals surface area contributed by atoms with Crippen molar-refractivity contribution in [2.75, 3.05) is 12.0 Å². The molecule has 1 fully saturated rings. The number of nitrogens with zero attached hydrogens (tertiary/aromatic N) is 1. The molecule has 5 nitrogen and oxygen atoms in total. The Labute approximate surface area is 193 Å². The molecule has 4 rings (SSSR count). The van der Waals surface area contributed by atoms with Gasteiger partial charge in [0, 0.05) is 0 Å². The molecule has 156 valence electrons. The number of carbonyl (C=O) groups excluding carboxylic acids is 2. The van der Waals surface area contributed by atoms with Crippen LogP contribution in [0.5, 0.6) is 11.5 Å². The highest BCUT2D eigenvalue weighted by Crippen LogP contribution is 2.38. The standard InChI is InChI=1S/C23H17NO4S3/c1-14-6-3-4-7-16(14)24-21(25)20(31-23(24)29)13-15-9-10-17(18(12-15)27-2)28-22(26)19-8-5-11-30-19/h3-13H,1-2H3. The Morgan fingerprint density at radius 1 is 1.10 bits per heavy atom. The first-order valence-corrected chi connectivity index (χ1v) is 11.4. The van der Waals surface area contributed by atoms with Crippen LogP contribution in [0.15, 0.2) is 64.9 Å². The second-order valence-electron chi connectivity index (χ2n) is 6.58. The van der Waals surface area contributed by atoms with E-state index in [9.17, 15) is 9.59 Å². The van der Waals surface area contributed by atoms with Crippen molar-refractivity contribution in [1.29, 1.82) is 0 Å². The van der Waals surface area contributed by atoms with Crippen molar-refractivity contribution >= 4 is 63.3 Å². The van der Waals surface area contributed by atoms with E-state index in [1.54, 1.807) is 41.3 Å². The lowest BCUT2D eigenvalue weighted by Crippen LogP contribution is -2.28. The van der Waals surface area contributed by atoms with E-state index in [1.165, 1.54) is 30.2 Å². The molecule has 0 radical (unpaired) electrons. The van der Waals surface area contributed by atoms with E-state index < -0.39 is 5.97 Å². The number of benzene rings is 2. The molecule has 1 aromatic heterocycles. The summed E-state index contributed by atoms with van der Waals surface area (Å²) >= 11 is 8.01. The first-order chi connectivity index (χ1) is 15.0. The molecule has 0 aliphatic carbocycles. The van der Waals surface area contributed by atoms with Crippen LogP contribution >= 0.6 is 35.3 Å². The molecule has 31 heavy (non-hydrogen) atoms. The molecule has 1 aliphatic rings. The molecule has 1 amide bonds. The molecule has 2 aromatic carbocycles. The maximum Gasteiger partial charge on any atom is 0.353 e. The van der Waals surface area contributed by atoms with Gasteiger partial charge in [-0.2, -0.15) is 0 Å². The molecular weight excluding hydrogens is 450 g/mol. The topological polar surface area (TPSA) is 55.8 Å². The quantitative estimate of drug-likeness (QED) is 0.208. The zero-order valence-electron chi connectivity index (χ0n) is 16.7. The van der Waals surface area contributed by atoms with Crippen LogP contribution in [0.25, 0.3) is 6.08 Å². The summed E-state index contributed by atoms with van der Waals surface area (Å²) in [5, 5.41) is 1.81. The zero-order chi connectivity index (χ0) is 22.0. The number of thiophene rings is 1. The minimum atomic E-state index is -0.444. The van der Waals surface area contributed by atoms with E-state index >= 15 is 0 Å². The molecule has 0 spiro atoms. The number of para-hydroxylation sites is 1. The van der Waals surface area contributed by atoms with Crippen LogP contribution in [0.1, 0.15) is 20.8 Å². The molecule has 0 atom stereocenters. The van der Waals surface area contributed by atoms with Crippen molar-refractivity contribution in [3.8, 4) is 11.5 Å². The van der Waals surface area contributed by atoms with Gasteiger partial charge in [-0.1, -0.05) is 54.3 Å². The Balaban J connectivity index is 1.59. The fourth-order valence-electron chi connectivity index (χ4n) is 3.04. The Bertz CT molecular complexity index is 1200. The molecule has 1 aliphatic heterocycles. The molecule has 1 saturated heterocycles. The van der Waals surface area contributed by atoms with Gasteiger partial charge in [0.25, 0.3) is 5.91 Å². The lowest BCUT2D eigenvalue weighted by Gasteiger charge is -2.16. The van der Waals surface area contributed by atoms with Crippen molar-refractivity contribution in [2.45, 2.75) is 6.92 Å².